The van der Waals surface area contributed by atoms with Gasteiger partial charge in [0.2, 0.25) is 5.91 Å². The Morgan fingerprint density at radius 3 is 2.54 bits per heavy atom. The van der Waals surface area contributed by atoms with Crippen LogP contribution >= 0.6 is 11.6 Å². The summed E-state index contributed by atoms with van der Waals surface area (Å²) in [5.74, 6) is -1.78. The zero-order valence-electron chi connectivity index (χ0n) is 13.2. The van der Waals surface area contributed by atoms with E-state index in [2.05, 4.69) is 10.6 Å². The van der Waals surface area contributed by atoms with E-state index >= 15 is 0 Å². The molecule has 2 rings (SSSR count). The summed E-state index contributed by atoms with van der Waals surface area (Å²) in [5, 5.41) is 5.09. The third kappa shape index (κ3) is 4.80. The van der Waals surface area contributed by atoms with Crippen molar-refractivity contribution in [3.8, 4) is 0 Å². The molecule has 126 valence electrons. The van der Waals surface area contributed by atoms with Gasteiger partial charge in [0, 0.05) is 6.54 Å². The quantitative estimate of drug-likeness (QED) is 0.843. The van der Waals surface area contributed by atoms with Crippen LogP contribution in [0.4, 0.5) is 4.39 Å². The number of carbonyl (C=O) groups is 2. The fourth-order valence-electron chi connectivity index (χ4n) is 2.25. The predicted octanol–water partition coefficient (Wildman–Crippen LogP) is 2.88. The van der Waals surface area contributed by atoms with E-state index in [4.69, 9.17) is 11.6 Å². The molecule has 0 aromatic heterocycles. The van der Waals surface area contributed by atoms with Crippen LogP contribution in [0.1, 0.15) is 21.5 Å². The SMILES string of the molecule is Cc1ccccc1CCNC(=O)CNC(=O)c1c(F)cccc1Cl. The van der Waals surface area contributed by atoms with Crippen molar-refractivity contribution in [1.29, 1.82) is 0 Å². The number of amides is 2. The second-order valence-corrected chi connectivity index (χ2v) is 5.71. The van der Waals surface area contributed by atoms with Crippen LogP contribution < -0.4 is 10.6 Å². The van der Waals surface area contributed by atoms with E-state index in [-0.39, 0.29) is 23.0 Å². The van der Waals surface area contributed by atoms with Gasteiger partial charge in [-0.3, -0.25) is 9.59 Å². The van der Waals surface area contributed by atoms with Gasteiger partial charge in [0.25, 0.3) is 5.91 Å². The molecule has 24 heavy (non-hydrogen) atoms. The molecular weight excluding hydrogens is 331 g/mol. The van der Waals surface area contributed by atoms with Crippen molar-refractivity contribution in [3.63, 3.8) is 0 Å². The summed E-state index contributed by atoms with van der Waals surface area (Å²) in [5.41, 5.74) is 2.06. The number of hydrogen-bond acceptors (Lipinski definition) is 2. The Morgan fingerprint density at radius 2 is 1.83 bits per heavy atom. The zero-order chi connectivity index (χ0) is 17.5. The maximum atomic E-state index is 13.6. The molecule has 0 unspecified atom stereocenters. The first-order valence-electron chi connectivity index (χ1n) is 7.52. The van der Waals surface area contributed by atoms with Crippen molar-refractivity contribution >= 4 is 23.4 Å². The van der Waals surface area contributed by atoms with Gasteiger partial charge in [0.05, 0.1) is 17.1 Å². The van der Waals surface area contributed by atoms with Gasteiger partial charge in [-0.2, -0.15) is 0 Å². The average molecular weight is 349 g/mol. The summed E-state index contributed by atoms with van der Waals surface area (Å²) in [6.07, 6.45) is 0.700. The second-order valence-electron chi connectivity index (χ2n) is 5.31. The van der Waals surface area contributed by atoms with Gasteiger partial charge in [-0.05, 0) is 36.6 Å². The van der Waals surface area contributed by atoms with Gasteiger partial charge < -0.3 is 10.6 Å². The fraction of sp³-hybridized carbons (Fsp3) is 0.222. The van der Waals surface area contributed by atoms with Gasteiger partial charge in [-0.1, -0.05) is 41.9 Å². The molecule has 0 fully saturated rings. The Hall–Kier alpha value is -2.40. The number of benzene rings is 2. The van der Waals surface area contributed by atoms with E-state index in [0.29, 0.717) is 13.0 Å². The molecule has 0 aliphatic rings. The van der Waals surface area contributed by atoms with E-state index in [1.54, 1.807) is 0 Å². The number of nitrogens with one attached hydrogen (secondary N) is 2. The van der Waals surface area contributed by atoms with Crippen LogP contribution in [-0.4, -0.2) is 24.9 Å². The summed E-state index contributed by atoms with van der Waals surface area (Å²) in [6, 6.07) is 11.9. The summed E-state index contributed by atoms with van der Waals surface area (Å²) >= 11 is 5.80. The Labute approximate surface area is 145 Å². The largest absolute Gasteiger partial charge is 0.354 e. The molecule has 0 spiro atoms. The predicted molar refractivity (Wildman–Crippen MR) is 91.6 cm³/mol. The first-order chi connectivity index (χ1) is 11.5. The molecule has 0 atom stereocenters. The summed E-state index contributed by atoms with van der Waals surface area (Å²) in [7, 11) is 0. The van der Waals surface area contributed by atoms with E-state index < -0.39 is 11.7 Å². The van der Waals surface area contributed by atoms with Crippen LogP contribution in [-0.2, 0) is 11.2 Å². The standard InChI is InChI=1S/C18H18ClFN2O2/c1-12-5-2-3-6-13(12)9-10-21-16(23)11-22-18(24)17-14(19)7-4-8-15(17)20/h2-8H,9-11H2,1H3,(H,21,23)(H,22,24). The van der Waals surface area contributed by atoms with Crippen molar-refractivity contribution in [2.45, 2.75) is 13.3 Å². The van der Waals surface area contributed by atoms with Crippen LogP contribution in [0.25, 0.3) is 0 Å². The highest BCUT2D eigenvalue weighted by atomic mass is 35.5. The zero-order valence-corrected chi connectivity index (χ0v) is 14.0. The number of halogens is 2. The minimum Gasteiger partial charge on any atom is -0.354 e. The fourth-order valence-corrected chi connectivity index (χ4v) is 2.50. The Balaban J connectivity index is 1.79. The van der Waals surface area contributed by atoms with E-state index in [1.165, 1.54) is 12.1 Å². The van der Waals surface area contributed by atoms with E-state index in [1.807, 2.05) is 31.2 Å². The first-order valence-corrected chi connectivity index (χ1v) is 7.90. The van der Waals surface area contributed by atoms with Crippen LogP contribution in [0.3, 0.4) is 0 Å². The minimum atomic E-state index is -0.722. The molecule has 0 aliphatic heterocycles. The summed E-state index contributed by atoms with van der Waals surface area (Å²) in [6.45, 7) is 2.23. The average Bonchev–Trinajstić information content (AvgIpc) is 2.54. The lowest BCUT2D eigenvalue weighted by atomic mass is 10.1. The molecule has 0 bridgehead atoms. The third-order valence-corrected chi connectivity index (χ3v) is 3.89. The lowest BCUT2D eigenvalue weighted by molar-refractivity contribution is -0.120. The molecule has 2 N–H and O–H groups in total. The number of aryl methyl sites for hydroxylation is 1. The lowest BCUT2D eigenvalue weighted by Gasteiger charge is -2.09. The molecule has 6 heteroatoms. The van der Waals surface area contributed by atoms with Crippen LogP contribution in [0.2, 0.25) is 5.02 Å². The van der Waals surface area contributed by atoms with Crippen molar-refractivity contribution < 1.29 is 14.0 Å². The molecule has 0 radical (unpaired) electrons. The minimum absolute atomic E-state index is 0.00691. The molecule has 0 aliphatic carbocycles. The summed E-state index contributed by atoms with van der Waals surface area (Å²) in [4.78, 5) is 23.7. The van der Waals surface area contributed by atoms with Crippen LogP contribution in [0.5, 0.6) is 0 Å². The van der Waals surface area contributed by atoms with Gasteiger partial charge >= 0.3 is 0 Å². The third-order valence-electron chi connectivity index (χ3n) is 3.58. The Bertz CT molecular complexity index is 729. The van der Waals surface area contributed by atoms with Gasteiger partial charge in [-0.25, -0.2) is 4.39 Å². The van der Waals surface area contributed by atoms with Crippen molar-refractivity contribution in [2.24, 2.45) is 0 Å². The van der Waals surface area contributed by atoms with E-state index in [9.17, 15) is 14.0 Å². The second kappa shape index (κ2) is 8.45. The Kier molecular flexibility index (Phi) is 6.32. The molecule has 2 aromatic carbocycles. The topological polar surface area (TPSA) is 58.2 Å². The van der Waals surface area contributed by atoms with Crippen LogP contribution in [0.15, 0.2) is 42.5 Å². The number of hydrogen-bond donors (Lipinski definition) is 2. The molecular formula is C18H18ClFN2O2. The van der Waals surface area contributed by atoms with Gasteiger partial charge in [0.15, 0.2) is 0 Å². The highest BCUT2D eigenvalue weighted by Gasteiger charge is 2.16. The maximum Gasteiger partial charge on any atom is 0.256 e. The smallest absolute Gasteiger partial charge is 0.256 e. The summed E-state index contributed by atoms with van der Waals surface area (Å²) < 4.78 is 13.6. The monoisotopic (exact) mass is 348 g/mol. The first kappa shape index (κ1) is 17.9. The molecule has 4 nitrogen and oxygen atoms in total. The molecule has 2 aromatic rings. The molecule has 0 saturated heterocycles. The molecule has 0 saturated carbocycles. The molecule has 2 amide bonds. The number of rotatable bonds is 6. The molecule has 0 heterocycles. The van der Waals surface area contributed by atoms with Gasteiger partial charge in [0.1, 0.15) is 5.82 Å². The number of carbonyl (C=O) groups excluding carboxylic acids is 2. The highest BCUT2D eigenvalue weighted by molar-refractivity contribution is 6.33. The maximum absolute atomic E-state index is 13.6. The van der Waals surface area contributed by atoms with Crippen LogP contribution in [0, 0.1) is 12.7 Å². The Morgan fingerprint density at radius 1 is 1.08 bits per heavy atom. The van der Waals surface area contributed by atoms with Crippen molar-refractivity contribution in [2.75, 3.05) is 13.1 Å². The van der Waals surface area contributed by atoms with Gasteiger partial charge in [-0.15, -0.1) is 0 Å². The normalized spacial score (nSPS) is 10.3. The van der Waals surface area contributed by atoms with Crippen molar-refractivity contribution in [1.82, 2.24) is 10.6 Å². The lowest BCUT2D eigenvalue weighted by Crippen LogP contribution is -2.38. The highest BCUT2D eigenvalue weighted by Crippen LogP contribution is 2.18. The van der Waals surface area contributed by atoms with E-state index in [0.717, 1.165) is 17.2 Å². The van der Waals surface area contributed by atoms with Crippen molar-refractivity contribution in [3.05, 3.63) is 70.0 Å².